The molecule has 4 nitrogen and oxygen atoms in total. The number of hydrogen-bond donors (Lipinski definition) is 2. The van der Waals surface area contributed by atoms with Crippen molar-refractivity contribution in [1.29, 1.82) is 0 Å². The van der Waals surface area contributed by atoms with Gasteiger partial charge in [0.2, 0.25) is 5.91 Å². The molecule has 0 heterocycles. The third-order valence-corrected chi connectivity index (χ3v) is 4.41. The fraction of sp³-hybridized carbons (Fsp3) is 0.556. The van der Waals surface area contributed by atoms with Crippen molar-refractivity contribution in [2.75, 3.05) is 0 Å². The lowest BCUT2D eigenvalue weighted by atomic mass is 10.0. The van der Waals surface area contributed by atoms with Gasteiger partial charge in [0.05, 0.1) is 0 Å². The van der Waals surface area contributed by atoms with E-state index in [0.29, 0.717) is 12.8 Å². The average molecular weight is 303 g/mol. The highest BCUT2D eigenvalue weighted by molar-refractivity contribution is 5.83. The summed E-state index contributed by atoms with van der Waals surface area (Å²) >= 11 is 0. The Labute approximate surface area is 131 Å². The molecular formula is C18H25NO3. The first-order valence-electron chi connectivity index (χ1n) is 8.21. The van der Waals surface area contributed by atoms with Gasteiger partial charge in [0.15, 0.2) is 0 Å². The first kappa shape index (κ1) is 16.5. The zero-order chi connectivity index (χ0) is 15.8. The lowest BCUT2D eigenvalue weighted by Gasteiger charge is -2.15. The van der Waals surface area contributed by atoms with E-state index >= 15 is 0 Å². The number of amides is 1. The number of nitrogens with one attached hydrogen (secondary N) is 1. The van der Waals surface area contributed by atoms with E-state index in [9.17, 15) is 14.7 Å². The van der Waals surface area contributed by atoms with Crippen LogP contribution >= 0.6 is 0 Å². The second-order valence-corrected chi connectivity index (χ2v) is 6.19. The third-order valence-electron chi connectivity index (χ3n) is 4.41. The fourth-order valence-electron chi connectivity index (χ4n) is 3.17. The van der Waals surface area contributed by atoms with Gasteiger partial charge in [-0.25, -0.2) is 4.79 Å². The van der Waals surface area contributed by atoms with Crippen LogP contribution in [0.1, 0.15) is 50.5 Å². The Hall–Kier alpha value is -1.84. The van der Waals surface area contributed by atoms with Gasteiger partial charge in [-0.05, 0) is 24.3 Å². The zero-order valence-corrected chi connectivity index (χ0v) is 13.0. The molecule has 0 unspecified atom stereocenters. The lowest BCUT2D eigenvalue weighted by Crippen LogP contribution is -2.42. The van der Waals surface area contributed by atoms with E-state index in [0.717, 1.165) is 24.3 Å². The van der Waals surface area contributed by atoms with E-state index in [2.05, 4.69) is 5.32 Å². The van der Waals surface area contributed by atoms with Crippen LogP contribution in [0.3, 0.4) is 0 Å². The molecular weight excluding hydrogens is 278 g/mol. The number of carbonyl (C=O) groups is 2. The van der Waals surface area contributed by atoms with Crippen LogP contribution in [0, 0.1) is 5.92 Å². The van der Waals surface area contributed by atoms with E-state index in [4.69, 9.17) is 0 Å². The van der Waals surface area contributed by atoms with Crippen molar-refractivity contribution in [3.63, 3.8) is 0 Å². The number of carbonyl (C=O) groups excluding carboxylic acids is 1. The molecule has 0 saturated heterocycles. The van der Waals surface area contributed by atoms with Crippen molar-refractivity contribution >= 4 is 11.9 Å². The lowest BCUT2D eigenvalue weighted by molar-refractivity contribution is -0.141. The molecule has 4 heteroatoms. The molecule has 120 valence electrons. The molecule has 1 aliphatic carbocycles. The average Bonchev–Trinajstić information content (AvgIpc) is 3.01. The van der Waals surface area contributed by atoms with Crippen molar-refractivity contribution in [3.8, 4) is 0 Å². The summed E-state index contributed by atoms with van der Waals surface area (Å²) in [5.74, 6) is -0.360. The largest absolute Gasteiger partial charge is 0.480 e. The summed E-state index contributed by atoms with van der Waals surface area (Å²) in [6.07, 6.45) is 7.89. The van der Waals surface area contributed by atoms with E-state index < -0.39 is 12.0 Å². The molecule has 1 aromatic carbocycles. The topological polar surface area (TPSA) is 66.4 Å². The summed E-state index contributed by atoms with van der Waals surface area (Å²) in [4.78, 5) is 23.3. The first-order chi connectivity index (χ1) is 10.6. The van der Waals surface area contributed by atoms with Gasteiger partial charge in [-0.2, -0.15) is 0 Å². The Kier molecular flexibility index (Phi) is 6.44. The normalized spacial score (nSPS) is 16.4. The van der Waals surface area contributed by atoms with Crippen LogP contribution in [-0.2, 0) is 16.0 Å². The van der Waals surface area contributed by atoms with Gasteiger partial charge in [0.25, 0.3) is 0 Å². The Balaban J connectivity index is 1.74. The van der Waals surface area contributed by atoms with Gasteiger partial charge in [0, 0.05) is 12.8 Å². The van der Waals surface area contributed by atoms with E-state index in [-0.39, 0.29) is 5.91 Å². The molecule has 0 spiro atoms. The van der Waals surface area contributed by atoms with Gasteiger partial charge >= 0.3 is 5.97 Å². The molecule has 0 aromatic heterocycles. The first-order valence-corrected chi connectivity index (χ1v) is 8.21. The Bertz CT molecular complexity index is 480. The van der Waals surface area contributed by atoms with Gasteiger partial charge < -0.3 is 10.4 Å². The number of carboxylic acids is 1. The molecule has 2 rings (SSSR count). The predicted octanol–water partition coefficient (Wildman–Crippen LogP) is 3.16. The van der Waals surface area contributed by atoms with Crippen molar-refractivity contribution in [1.82, 2.24) is 5.32 Å². The number of carboxylic acid groups (broad SMARTS) is 1. The summed E-state index contributed by atoms with van der Waals surface area (Å²) in [5.41, 5.74) is 0.918. The summed E-state index contributed by atoms with van der Waals surface area (Å²) in [6, 6.07) is 8.54. The highest BCUT2D eigenvalue weighted by Gasteiger charge is 2.20. The van der Waals surface area contributed by atoms with Crippen LogP contribution in [0.15, 0.2) is 30.3 Å². The van der Waals surface area contributed by atoms with Crippen LogP contribution < -0.4 is 5.32 Å². The Morgan fingerprint density at radius 3 is 2.50 bits per heavy atom. The highest BCUT2D eigenvalue weighted by Crippen LogP contribution is 2.28. The third kappa shape index (κ3) is 5.51. The maximum atomic E-state index is 11.9. The van der Waals surface area contributed by atoms with Gasteiger partial charge in [-0.1, -0.05) is 56.0 Å². The molecule has 1 fully saturated rings. The Morgan fingerprint density at radius 1 is 1.18 bits per heavy atom. The minimum absolute atomic E-state index is 0.152. The molecule has 0 aliphatic heterocycles. The molecule has 0 bridgehead atoms. The second-order valence-electron chi connectivity index (χ2n) is 6.19. The van der Waals surface area contributed by atoms with Crippen LogP contribution in [0.4, 0.5) is 0 Å². The highest BCUT2D eigenvalue weighted by atomic mass is 16.4. The standard InChI is InChI=1S/C18H25NO3/c20-17(12-6-11-14-7-4-5-8-14)19-16(18(21)22)13-15-9-2-1-3-10-15/h1-3,9-10,14,16H,4-8,11-13H2,(H,19,20)(H,21,22)/t16-/m1/s1. The quantitative estimate of drug-likeness (QED) is 0.775. The van der Waals surface area contributed by atoms with Crippen molar-refractivity contribution in [3.05, 3.63) is 35.9 Å². The molecule has 1 aromatic rings. The van der Waals surface area contributed by atoms with E-state index in [1.54, 1.807) is 0 Å². The van der Waals surface area contributed by atoms with E-state index in [1.165, 1.54) is 25.7 Å². The summed E-state index contributed by atoms with van der Waals surface area (Å²) < 4.78 is 0. The van der Waals surface area contributed by atoms with Gasteiger partial charge in [-0.15, -0.1) is 0 Å². The zero-order valence-electron chi connectivity index (χ0n) is 13.0. The molecule has 1 atom stereocenters. The van der Waals surface area contributed by atoms with Crippen molar-refractivity contribution < 1.29 is 14.7 Å². The summed E-state index contributed by atoms with van der Waals surface area (Å²) in [5, 5.41) is 11.9. The van der Waals surface area contributed by atoms with Crippen LogP contribution in [0.5, 0.6) is 0 Å². The monoisotopic (exact) mass is 303 g/mol. The van der Waals surface area contributed by atoms with Crippen molar-refractivity contribution in [2.45, 2.75) is 57.4 Å². The van der Waals surface area contributed by atoms with Crippen molar-refractivity contribution in [2.24, 2.45) is 5.92 Å². The number of aliphatic carboxylic acids is 1. The van der Waals surface area contributed by atoms with Crippen LogP contribution in [0.25, 0.3) is 0 Å². The number of hydrogen-bond acceptors (Lipinski definition) is 2. The van der Waals surface area contributed by atoms with Crippen LogP contribution in [-0.4, -0.2) is 23.0 Å². The molecule has 0 radical (unpaired) electrons. The molecule has 1 aliphatic rings. The smallest absolute Gasteiger partial charge is 0.326 e. The van der Waals surface area contributed by atoms with Gasteiger partial charge in [0.1, 0.15) is 6.04 Å². The molecule has 1 amide bonds. The van der Waals surface area contributed by atoms with E-state index in [1.807, 2.05) is 30.3 Å². The minimum atomic E-state index is -0.979. The molecule has 1 saturated carbocycles. The fourth-order valence-corrected chi connectivity index (χ4v) is 3.17. The van der Waals surface area contributed by atoms with Gasteiger partial charge in [-0.3, -0.25) is 4.79 Å². The number of benzene rings is 1. The SMILES string of the molecule is O=C(CCCC1CCCC1)N[C@H](Cc1ccccc1)C(=O)O. The maximum absolute atomic E-state index is 11.9. The number of rotatable bonds is 8. The second kappa shape index (κ2) is 8.57. The Morgan fingerprint density at radius 2 is 1.86 bits per heavy atom. The summed E-state index contributed by atoms with van der Waals surface area (Å²) in [7, 11) is 0. The molecule has 22 heavy (non-hydrogen) atoms. The predicted molar refractivity (Wildman–Crippen MR) is 85.5 cm³/mol. The summed E-state index contributed by atoms with van der Waals surface area (Å²) in [6.45, 7) is 0. The minimum Gasteiger partial charge on any atom is -0.480 e. The van der Waals surface area contributed by atoms with Crippen LogP contribution in [0.2, 0.25) is 0 Å². The maximum Gasteiger partial charge on any atom is 0.326 e. The molecule has 2 N–H and O–H groups in total.